The van der Waals surface area contributed by atoms with Crippen molar-refractivity contribution in [1.29, 1.82) is 0 Å². The molecule has 0 radical (unpaired) electrons. The monoisotopic (exact) mass is 357 g/mol. The lowest BCUT2D eigenvalue weighted by molar-refractivity contribution is -0.139. The third-order valence-electron chi connectivity index (χ3n) is 5.45. The van der Waals surface area contributed by atoms with Gasteiger partial charge in [-0.05, 0) is 44.7 Å². The van der Waals surface area contributed by atoms with Crippen LogP contribution in [0.5, 0.6) is 0 Å². The molecule has 140 valence electrons. The quantitative estimate of drug-likeness (QED) is 0.710. The van der Waals surface area contributed by atoms with Gasteiger partial charge in [-0.3, -0.25) is 9.88 Å². The van der Waals surface area contributed by atoms with Crippen LogP contribution in [0.3, 0.4) is 0 Å². The van der Waals surface area contributed by atoms with Crippen LogP contribution in [0, 0.1) is 19.8 Å². The van der Waals surface area contributed by atoms with Crippen LogP contribution in [0.1, 0.15) is 35.7 Å². The molecule has 2 aromatic rings. The van der Waals surface area contributed by atoms with E-state index in [1.807, 2.05) is 38.1 Å². The smallest absolute Gasteiger partial charge is 0.133 e. The van der Waals surface area contributed by atoms with Crippen molar-refractivity contribution in [3.05, 3.63) is 47.1 Å². The minimum Gasteiger partial charge on any atom is -0.375 e. The highest BCUT2D eigenvalue weighted by molar-refractivity contribution is 5.10. The molecule has 0 aromatic carbocycles. The van der Waals surface area contributed by atoms with Crippen molar-refractivity contribution in [2.75, 3.05) is 26.3 Å². The van der Waals surface area contributed by atoms with Crippen LogP contribution in [-0.2, 0) is 22.6 Å². The summed E-state index contributed by atoms with van der Waals surface area (Å²) in [4.78, 5) is 6.86. The van der Waals surface area contributed by atoms with E-state index in [2.05, 4.69) is 15.0 Å². The van der Waals surface area contributed by atoms with Gasteiger partial charge in [-0.15, -0.1) is 0 Å². The number of likely N-dealkylation sites (tertiary alicyclic amines) is 1. The maximum absolute atomic E-state index is 6.14. The number of aromatic nitrogens is 2. The fourth-order valence-electron chi connectivity index (χ4n) is 4.17. The van der Waals surface area contributed by atoms with Gasteiger partial charge in [-0.2, -0.15) is 0 Å². The summed E-state index contributed by atoms with van der Waals surface area (Å²) in [5, 5.41) is 4.08. The third-order valence-corrected chi connectivity index (χ3v) is 5.45. The van der Waals surface area contributed by atoms with Crippen molar-refractivity contribution in [2.24, 2.45) is 5.92 Å². The lowest BCUT2D eigenvalue weighted by Gasteiger charge is -2.50. The van der Waals surface area contributed by atoms with E-state index in [0.29, 0.717) is 12.5 Å². The molecule has 6 nitrogen and oxygen atoms in total. The summed E-state index contributed by atoms with van der Waals surface area (Å²) >= 11 is 0. The molecule has 0 amide bonds. The Labute approximate surface area is 154 Å². The van der Waals surface area contributed by atoms with Crippen molar-refractivity contribution < 1.29 is 14.0 Å². The van der Waals surface area contributed by atoms with Crippen molar-refractivity contribution in [2.45, 2.75) is 45.4 Å². The summed E-state index contributed by atoms with van der Waals surface area (Å²) in [6, 6.07) is 8.06. The second-order valence-electron chi connectivity index (χ2n) is 7.58. The summed E-state index contributed by atoms with van der Waals surface area (Å²) in [6.07, 6.45) is 2.17. The van der Waals surface area contributed by atoms with Crippen molar-refractivity contribution in [3.8, 4) is 0 Å². The molecule has 0 N–H and O–H groups in total. The molecule has 0 bridgehead atoms. The van der Waals surface area contributed by atoms with E-state index in [0.717, 1.165) is 68.5 Å². The predicted molar refractivity (Wildman–Crippen MR) is 96.6 cm³/mol. The number of hydrogen-bond acceptors (Lipinski definition) is 6. The van der Waals surface area contributed by atoms with Gasteiger partial charge in [0.05, 0.1) is 23.6 Å². The summed E-state index contributed by atoms with van der Waals surface area (Å²) in [5.74, 6) is 1.44. The van der Waals surface area contributed by atoms with Gasteiger partial charge < -0.3 is 14.0 Å². The largest absolute Gasteiger partial charge is 0.375 e. The number of rotatable bonds is 7. The molecule has 2 saturated heterocycles. The first-order valence-electron chi connectivity index (χ1n) is 9.42. The first kappa shape index (κ1) is 17.6. The molecule has 4 rings (SSSR count). The minimum absolute atomic E-state index is 0.0176. The van der Waals surface area contributed by atoms with Crippen molar-refractivity contribution >= 4 is 0 Å². The standard InChI is InChI=1S/C20H27N3O3/c1-15-4-3-5-18(21-15)12-24-8-6-17-7-9-25-20(17)13-23(14-20)11-19-10-16(2)26-22-19/h3-5,10,17H,6-9,11-14H2,1-2H3. The number of aryl methyl sites for hydroxylation is 2. The average Bonchev–Trinajstić information content (AvgIpc) is 3.18. The van der Waals surface area contributed by atoms with Crippen LogP contribution >= 0.6 is 0 Å². The summed E-state index contributed by atoms with van der Waals surface area (Å²) in [5.41, 5.74) is 3.05. The summed E-state index contributed by atoms with van der Waals surface area (Å²) in [7, 11) is 0. The molecular weight excluding hydrogens is 330 g/mol. The maximum Gasteiger partial charge on any atom is 0.133 e. The van der Waals surface area contributed by atoms with Gasteiger partial charge in [0, 0.05) is 44.6 Å². The maximum atomic E-state index is 6.14. The molecule has 1 atom stereocenters. The number of ether oxygens (including phenoxy) is 2. The first-order valence-corrected chi connectivity index (χ1v) is 9.42. The average molecular weight is 357 g/mol. The summed E-state index contributed by atoms with van der Waals surface area (Å²) in [6.45, 7) is 8.92. The van der Waals surface area contributed by atoms with Gasteiger partial charge in [0.15, 0.2) is 0 Å². The van der Waals surface area contributed by atoms with Gasteiger partial charge in [0.25, 0.3) is 0 Å². The zero-order valence-corrected chi connectivity index (χ0v) is 15.6. The Morgan fingerprint density at radius 3 is 2.92 bits per heavy atom. The molecule has 2 aliphatic heterocycles. The van der Waals surface area contributed by atoms with E-state index in [1.165, 1.54) is 0 Å². The molecule has 2 aromatic heterocycles. The molecule has 2 fully saturated rings. The Morgan fingerprint density at radius 1 is 1.27 bits per heavy atom. The van der Waals surface area contributed by atoms with E-state index < -0.39 is 0 Å². The third kappa shape index (κ3) is 3.82. The zero-order valence-electron chi connectivity index (χ0n) is 15.6. The molecular formula is C20H27N3O3. The van der Waals surface area contributed by atoms with Gasteiger partial charge in [-0.1, -0.05) is 11.2 Å². The van der Waals surface area contributed by atoms with Crippen LogP contribution in [-0.4, -0.2) is 46.9 Å². The van der Waals surface area contributed by atoms with Gasteiger partial charge in [0.2, 0.25) is 0 Å². The molecule has 6 heteroatoms. The second kappa shape index (κ2) is 7.47. The minimum atomic E-state index is 0.0176. The van der Waals surface area contributed by atoms with Crippen LogP contribution in [0.15, 0.2) is 28.8 Å². The van der Waals surface area contributed by atoms with Gasteiger partial charge in [-0.25, -0.2) is 0 Å². The fourth-order valence-corrected chi connectivity index (χ4v) is 4.17. The molecule has 0 saturated carbocycles. The second-order valence-corrected chi connectivity index (χ2v) is 7.58. The van der Waals surface area contributed by atoms with Crippen LogP contribution in [0.4, 0.5) is 0 Å². The van der Waals surface area contributed by atoms with Crippen LogP contribution < -0.4 is 0 Å². The van der Waals surface area contributed by atoms with Crippen molar-refractivity contribution in [1.82, 2.24) is 15.0 Å². The Morgan fingerprint density at radius 2 is 2.15 bits per heavy atom. The number of hydrogen-bond donors (Lipinski definition) is 0. The van der Waals surface area contributed by atoms with E-state index in [9.17, 15) is 0 Å². The Balaban J connectivity index is 1.22. The van der Waals surface area contributed by atoms with Gasteiger partial charge in [0.1, 0.15) is 5.76 Å². The Kier molecular flexibility index (Phi) is 5.07. The van der Waals surface area contributed by atoms with Crippen molar-refractivity contribution in [3.63, 3.8) is 0 Å². The molecule has 0 aliphatic carbocycles. The highest BCUT2D eigenvalue weighted by Gasteiger charge is 2.52. The van der Waals surface area contributed by atoms with E-state index >= 15 is 0 Å². The Hall–Kier alpha value is -1.76. The highest BCUT2D eigenvalue weighted by Crippen LogP contribution is 2.42. The Bertz CT molecular complexity index is 739. The lowest BCUT2D eigenvalue weighted by atomic mass is 9.79. The highest BCUT2D eigenvalue weighted by atomic mass is 16.5. The molecule has 26 heavy (non-hydrogen) atoms. The SMILES string of the molecule is Cc1cccc(COCCC2CCOC23CN(Cc2cc(C)on2)C3)n1. The molecule has 1 unspecified atom stereocenters. The summed E-state index contributed by atoms with van der Waals surface area (Å²) < 4.78 is 17.2. The van der Waals surface area contributed by atoms with E-state index in [1.54, 1.807) is 0 Å². The number of pyridine rings is 1. The topological polar surface area (TPSA) is 60.6 Å². The van der Waals surface area contributed by atoms with Gasteiger partial charge >= 0.3 is 0 Å². The normalized spacial score (nSPS) is 22.0. The number of nitrogens with zero attached hydrogens (tertiary/aromatic N) is 3. The fraction of sp³-hybridized carbons (Fsp3) is 0.600. The van der Waals surface area contributed by atoms with E-state index in [4.69, 9.17) is 14.0 Å². The van der Waals surface area contributed by atoms with Crippen LogP contribution in [0.2, 0.25) is 0 Å². The predicted octanol–water partition coefficient (Wildman–Crippen LogP) is 2.88. The molecule has 2 aliphatic rings. The van der Waals surface area contributed by atoms with E-state index in [-0.39, 0.29) is 5.60 Å². The first-order chi connectivity index (χ1) is 12.6. The zero-order chi connectivity index (χ0) is 18.0. The molecule has 1 spiro atoms. The molecule has 4 heterocycles. The van der Waals surface area contributed by atoms with Crippen LogP contribution in [0.25, 0.3) is 0 Å². The lowest BCUT2D eigenvalue weighted by Crippen LogP contribution is -2.64.